The lowest BCUT2D eigenvalue weighted by molar-refractivity contribution is -0.184. The van der Waals surface area contributed by atoms with E-state index in [9.17, 15) is 22.8 Å². The van der Waals surface area contributed by atoms with Gasteiger partial charge in [-0.3, -0.25) is 9.59 Å². The van der Waals surface area contributed by atoms with Gasteiger partial charge in [-0.25, -0.2) is 0 Å². The van der Waals surface area contributed by atoms with Crippen LogP contribution in [0.1, 0.15) is 30.1 Å². The van der Waals surface area contributed by atoms with E-state index in [1.54, 1.807) is 25.1 Å². The van der Waals surface area contributed by atoms with Crippen molar-refractivity contribution in [2.24, 2.45) is 5.92 Å². The molecular weight excluding hydrogens is 341 g/mol. The third kappa shape index (κ3) is 3.38. The maximum atomic E-state index is 12.9. The first-order valence-corrected chi connectivity index (χ1v) is 8.61. The van der Waals surface area contributed by atoms with E-state index in [0.717, 1.165) is 4.90 Å². The van der Waals surface area contributed by atoms with Crippen molar-refractivity contribution in [1.82, 2.24) is 4.90 Å². The van der Waals surface area contributed by atoms with Crippen molar-refractivity contribution in [3.63, 3.8) is 0 Å². The first-order chi connectivity index (χ1) is 11.3. The fourth-order valence-electron chi connectivity index (χ4n) is 2.95. The van der Waals surface area contributed by atoms with Gasteiger partial charge in [0.25, 0.3) is 5.91 Å². The second-order valence-electron chi connectivity index (χ2n) is 6.09. The summed E-state index contributed by atoms with van der Waals surface area (Å²) in [6.07, 6.45) is -3.89. The van der Waals surface area contributed by atoms with Gasteiger partial charge in [-0.1, -0.05) is 0 Å². The van der Waals surface area contributed by atoms with Crippen LogP contribution in [0.25, 0.3) is 0 Å². The van der Waals surface area contributed by atoms with Crippen LogP contribution < -0.4 is 5.32 Å². The Morgan fingerprint density at radius 1 is 1.38 bits per heavy atom. The second kappa shape index (κ2) is 6.31. The molecule has 24 heavy (non-hydrogen) atoms. The number of halogens is 3. The second-order valence-corrected chi connectivity index (χ2v) is 7.47. The molecule has 1 saturated heterocycles. The van der Waals surface area contributed by atoms with Crippen LogP contribution in [0.5, 0.6) is 0 Å². The maximum Gasteiger partial charge on any atom is 0.393 e. The van der Waals surface area contributed by atoms with Gasteiger partial charge in [0.15, 0.2) is 0 Å². The normalized spacial score (nSPS) is 24.3. The van der Waals surface area contributed by atoms with E-state index < -0.39 is 18.0 Å². The number of benzene rings is 1. The largest absolute Gasteiger partial charge is 0.393 e. The van der Waals surface area contributed by atoms with E-state index in [0.29, 0.717) is 24.2 Å². The van der Waals surface area contributed by atoms with Gasteiger partial charge in [0, 0.05) is 23.5 Å². The van der Waals surface area contributed by atoms with E-state index in [4.69, 9.17) is 0 Å². The molecule has 1 aromatic carbocycles. The number of alkyl halides is 3. The number of piperidine rings is 1. The number of rotatable bonds is 1. The Kier molecular flexibility index (Phi) is 4.50. The van der Waals surface area contributed by atoms with Gasteiger partial charge in [0.2, 0.25) is 5.91 Å². The van der Waals surface area contributed by atoms with Crippen LogP contribution in [0.15, 0.2) is 23.1 Å². The van der Waals surface area contributed by atoms with Crippen LogP contribution in [-0.4, -0.2) is 41.2 Å². The summed E-state index contributed by atoms with van der Waals surface area (Å²) in [6, 6.07) is 4.88. The number of nitrogens with zero attached hydrogens (tertiary/aromatic N) is 1. The van der Waals surface area contributed by atoms with Gasteiger partial charge in [-0.15, -0.1) is 11.8 Å². The Morgan fingerprint density at radius 2 is 2.12 bits per heavy atom. The number of hydrogen-bond donors (Lipinski definition) is 1. The Hall–Kier alpha value is -1.70. The highest BCUT2D eigenvalue weighted by molar-refractivity contribution is 8.00. The van der Waals surface area contributed by atoms with E-state index >= 15 is 0 Å². The average Bonchev–Trinajstić information content (AvgIpc) is 2.54. The van der Waals surface area contributed by atoms with Crippen molar-refractivity contribution in [3.05, 3.63) is 23.8 Å². The van der Waals surface area contributed by atoms with Crippen LogP contribution in [0.4, 0.5) is 18.9 Å². The summed E-state index contributed by atoms with van der Waals surface area (Å²) in [6.45, 7) is 1.80. The number of fused-ring (bicyclic) bond motifs is 1. The number of likely N-dealkylation sites (tertiary alicyclic amines) is 1. The molecule has 130 valence electrons. The molecule has 2 amide bonds. The highest BCUT2D eigenvalue weighted by atomic mass is 32.2. The van der Waals surface area contributed by atoms with Crippen molar-refractivity contribution in [3.8, 4) is 0 Å². The zero-order chi connectivity index (χ0) is 17.5. The molecule has 0 unspecified atom stereocenters. The molecule has 1 aromatic rings. The molecule has 1 N–H and O–H groups in total. The third-order valence-electron chi connectivity index (χ3n) is 4.33. The Bertz CT molecular complexity index is 678. The zero-order valence-electron chi connectivity index (χ0n) is 13.0. The molecule has 3 rings (SSSR count). The van der Waals surface area contributed by atoms with E-state index in [-0.39, 0.29) is 24.1 Å². The number of carbonyl (C=O) groups is 2. The number of carbonyl (C=O) groups excluding carboxylic acids is 2. The van der Waals surface area contributed by atoms with Crippen LogP contribution in [-0.2, 0) is 4.79 Å². The molecule has 2 heterocycles. The molecular formula is C16H17F3N2O2S. The van der Waals surface area contributed by atoms with E-state index in [1.807, 2.05) is 0 Å². The van der Waals surface area contributed by atoms with Crippen molar-refractivity contribution >= 4 is 29.3 Å². The van der Waals surface area contributed by atoms with Crippen LogP contribution in [0.2, 0.25) is 0 Å². The van der Waals surface area contributed by atoms with Crippen LogP contribution in [0.3, 0.4) is 0 Å². The molecule has 0 aliphatic carbocycles. The highest BCUT2D eigenvalue weighted by Crippen LogP contribution is 2.37. The quantitative estimate of drug-likeness (QED) is 0.835. The topological polar surface area (TPSA) is 49.4 Å². The summed E-state index contributed by atoms with van der Waals surface area (Å²) in [7, 11) is 0. The molecule has 1 fully saturated rings. The highest BCUT2D eigenvalue weighted by Gasteiger charge is 2.42. The smallest absolute Gasteiger partial charge is 0.338 e. The van der Waals surface area contributed by atoms with Gasteiger partial charge in [0.1, 0.15) is 0 Å². The molecule has 4 nitrogen and oxygen atoms in total. The van der Waals surface area contributed by atoms with Crippen LogP contribution in [0, 0.1) is 5.92 Å². The van der Waals surface area contributed by atoms with Gasteiger partial charge < -0.3 is 10.2 Å². The molecule has 2 aliphatic heterocycles. The van der Waals surface area contributed by atoms with Gasteiger partial charge >= 0.3 is 6.18 Å². The van der Waals surface area contributed by atoms with E-state index in [1.165, 1.54) is 16.7 Å². The third-order valence-corrected chi connectivity index (χ3v) is 5.51. The lowest BCUT2D eigenvalue weighted by Gasteiger charge is -2.34. The van der Waals surface area contributed by atoms with E-state index in [2.05, 4.69) is 5.32 Å². The van der Waals surface area contributed by atoms with Crippen molar-refractivity contribution in [2.75, 3.05) is 18.4 Å². The Morgan fingerprint density at radius 3 is 2.83 bits per heavy atom. The molecule has 2 atom stereocenters. The summed E-state index contributed by atoms with van der Waals surface area (Å²) in [5.74, 6) is -2.04. The lowest BCUT2D eigenvalue weighted by atomic mass is 9.97. The number of thioether (sulfide) groups is 1. The van der Waals surface area contributed by atoms with Crippen molar-refractivity contribution in [2.45, 2.75) is 36.1 Å². The molecule has 0 bridgehead atoms. The Labute approximate surface area is 141 Å². The number of hydrogen-bond acceptors (Lipinski definition) is 3. The summed E-state index contributed by atoms with van der Waals surface area (Å²) < 4.78 is 38.7. The number of anilines is 1. The predicted octanol–water partition coefficient (Wildman–Crippen LogP) is 3.53. The first kappa shape index (κ1) is 17.1. The Balaban J connectivity index is 1.78. The maximum absolute atomic E-state index is 12.9. The van der Waals surface area contributed by atoms with Gasteiger partial charge in [0.05, 0.1) is 16.9 Å². The van der Waals surface area contributed by atoms with Crippen molar-refractivity contribution < 1.29 is 22.8 Å². The number of amides is 2. The van der Waals surface area contributed by atoms with Gasteiger partial charge in [-0.2, -0.15) is 13.2 Å². The fourth-order valence-corrected chi connectivity index (χ4v) is 3.88. The monoisotopic (exact) mass is 358 g/mol. The predicted molar refractivity (Wildman–Crippen MR) is 85.1 cm³/mol. The summed E-state index contributed by atoms with van der Waals surface area (Å²) >= 11 is 1.39. The fraction of sp³-hybridized carbons (Fsp3) is 0.500. The van der Waals surface area contributed by atoms with Gasteiger partial charge in [-0.05, 0) is 38.0 Å². The minimum absolute atomic E-state index is 0.0576. The molecule has 0 radical (unpaired) electrons. The summed E-state index contributed by atoms with van der Waals surface area (Å²) in [4.78, 5) is 26.4. The molecule has 0 spiro atoms. The molecule has 0 aromatic heterocycles. The zero-order valence-corrected chi connectivity index (χ0v) is 13.8. The number of nitrogens with one attached hydrogen (secondary N) is 1. The SMILES string of the molecule is C[C@@H]1Sc2ccc(C(=O)N3CCC[C@@H](C(F)(F)F)C3)cc2NC1=O. The minimum Gasteiger partial charge on any atom is -0.338 e. The molecule has 2 aliphatic rings. The summed E-state index contributed by atoms with van der Waals surface area (Å²) in [5.41, 5.74) is 0.838. The molecule has 8 heteroatoms. The standard InChI is InChI=1S/C16H17F3N2O2S/c1-9-14(22)20-12-7-10(4-5-13(12)24-9)15(23)21-6-2-3-11(8-21)16(17,18)19/h4-5,7,9,11H,2-3,6,8H2,1H3,(H,20,22)/t9-,11+/m0/s1. The minimum atomic E-state index is -4.28. The van der Waals surface area contributed by atoms with Crippen LogP contribution >= 0.6 is 11.8 Å². The average molecular weight is 358 g/mol. The van der Waals surface area contributed by atoms with Crippen molar-refractivity contribution in [1.29, 1.82) is 0 Å². The first-order valence-electron chi connectivity index (χ1n) is 7.73. The molecule has 0 saturated carbocycles. The summed E-state index contributed by atoms with van der Waals surface area (Å²) in [5, 5.41) is 2.52. The lowest BCUT2D eigenvalue weighted by Crippen LogP contribution is -2.44.